The van der Waals surface area contributed by atoms with Crippen molar-refractivity contribution in [3.05, 3.63) is 28.0 Å². The first-order chi connectivity index (χ1) is 12.8. The first-order valence-corrected chi connectivity index (χ1v) is 9.64. The van der Waals surface area contributed by atoms with E-state index in [1.807, 2.05) is 0 Å². The number of carbonyl (C=O) groups is 1. The van der Waals surface area contributed by atoms with E-state index in [4.69, 9.17) is 4.42 Å². The molecule has 1 N–H and O–H groups in total. The normalized spacial score (nSPS) is 11.8. The van der Waals surface area contributed by atoms with Gasteiger partial charge in [-0.15, -0.1) is 0 Å². The van der Waals surface area contributed by atoms with Gasteiger partial charge < -0.3 is 8.90 Å². The van der Waals surface area contributed by atoms with Crippen LogP contribution in [0.5, 0.6) is 0 Å². The Morgan fingerprint density at radius 3 is 2.26 bits per heavy atom. The van der Waals surface area contributed by atoms with Crippen molar-refractivity contribution < 1.29 is 18.6 Å². The van der Waals surface area contributed by atoms with E-state index in [1.54, 1.807) is 0 Å². The summed E-state index contributed by atoms with van der Waals surface area (Å²) in [6, 6.07) is 2.67. The zero-order valence-electron chi connectivity index (χ0n) is 16.8. The summed E-state index contributed by atoms with van der Waals surface area (Å²) < 4.78 is 5.94. The summed E-state index contributed by atoms with van der Waals surface area (Å²) >= 11 is 0. The smallest absolute Gasteiger partial charge is 0.400 e. The van der Waals surface area contributed by atoms with Gasteiger partial charge in [0.25, 0.3) is 0 Å². The van der Waals surface area contributed by atoms with E-state index in [0.29, 0.717) is 6.42 Å². The maximum Gasteiger partial charge on any atom is 0.433 e. The third-order valence-corrected chi connectivity index (χ3v) is 4.16. The average Bonchev–Trinajstić information content (AvgIpc) is 3.05. The number of hydrazone groups is 1. The molecule has 1 aromatic rings. The first kappa shape index (κ1) is 22.8. The molecule has 152 valence electrons. The molecule has 0 aliphatic carbocycles. The van der Waals surface area contributed by atoms with Gasteiger partial charge in [0.15, 0.2) is 5.76 Å². The molecule has 0 saturated carbocycles. The largest absolute Gasteiger partial charge is 0.433 e. The Kier molecular flexibility index (Phi) is 10.3. The van der Waals surface area contributed by atoms with E-state index in [2.05, 4.69) is 31.7 Å². The fraction of sp³-hybridized carbons (Fsp3) is 0.684. The number of unbranched alkanes of at least 4 members (excludes halogenated alkanes) is 7. The first-order valence-electron chi connectivity index (χ1n) is 9.64. The molecule has 0 aromatic carbocycles. The van der Waals surface area contributed by atoms with Gasteiger partial charge in [-0.1, -0.05) is 32.1 Å². The van der Waals surface area contributed by atoms with Crippen LogP contribution in [0.15, 0.2) is 21.7 Å². The van der Waals surface area contributed by atoms with Crippen molar-refractivity contribution in [3.63, 3.8) is 0 Å². The fourth-order valence-electron chi connectivity index (χ4n) is 2.67. The Balaban J connectivity index is 1.98. The molecular formula is C19H33N4O4+. The van der Waals surface area contributed by atoms with E-state index in [1.165, 1.54) is 57.0 Å². The number of nitrogens with zero attached hydrogens (tertiary/aromatic N) is 3. The Bertz CT molecular complexity index is 605. The molecule has 27 heavy (non-hydrogen) atoms. The number of quaternary nitrogens is 1. The molecule has 8 nitrogen and oxygen atoms in total. The summed E-state index contributed by atoms with van der Waals surface area (Å²) in [5, 5.41) is 14.2. The van der Waals surface area contributed by atoms with Gasteiger partial charge in [-0.2, -0.15) is 5.10 Å². The van der Waals surface area contributed by atoms with Crippen LogP contribution in [0, 0.1) is 10.1 Å². The SMILES string of the molecule is C[N+](C)(C)CCCCCCCCCCC(=O)NN=Cc1ccc([N+](=O)[O-])o1. The zero-order valence-corrected chi connectivity index (χ0v) is 16.8. The molecule has 0 aliphatic rings. The van der Waals surface area contributed by atoms with Crippen molar-refractivity contribution in [3.8, 4) is 0 Å². The molecule has 1 heterocycles. The van der Waals surface area contributed by atoms with Crippen LogP contribution in [-0.2, 0) is 4.79 Å². The number of carbonyl (C=O) groups excluding carboxylic acids is 1. The molecule has 0 atom stereocenters. The van der Waals surface area contributed by atoms with Crippen LogP contribution >= 0.6 is 0 Å². The van der Waals surface area contributed by atoms with Gasteiger partial charge in [-0.3, -0.25) is 14.9 Å². The van der Waals surface area contributed by atoms with Gasteiger partial charge in [-0.05, 0) is 25.3 Å². The molecule has 8 heteroatoms. The summed E-state index contributed by atoms with van der Waals surface area (Å²) in [5.74, 6) is -0.285. The van der Waals surface area contributed by atoms with E-state index < -0.39 is 4.92 Å². The van der Waals surface area contributed by atoms with Crippen molar-refractivity contribution >= 4 is 18.0 Å². The number of nitrogens with one attached hydrogen (secondary N) is 1. The number of nitro groups is 1. The van der Waals surface area contributed by atoms with E-state index in [0.717, 1.165) is 23.7 Å². The van der Waals surface area contributed by atoms with Crippen LogP contribution in [0.2, 0.25) is 0 Å². The summed E-state index contributed by atoms with van der Waals surface area (Å²) in [6.07, 6.45) is 11.1. The molecule has 1 rings (SSSR count). The maximum atomic E-state index is 11.7. The highest BCUT2D eigenvalue weighted by atomic mass is 16.6. The monoisotopic (exact) mass is 381 g/mol. The lowest BCUT2D eigenvalue weighted by molar-refractivity contribution is -0.870. The topological polar surface area (TPSA) is 97.7 Å². The molecule has 0 spiro atoms. The Morgan fingerprint density at radius 2 is 1.70 bits per heavy atom. The zero-order chi connectivity index (χ0) is 20.1. The van der Waals surface area contributed by atoms with Gasteiger partial charge >= 0.3 is 5.88 Å². The lowest BCUT2D eigenvalue weighted by Crippen LogP contribution is -2.35. The molecule has 1 aromatic heterocycles. The fourth-order valence-corrected chi connectivity index (χ4v) is 2.67. The molecule has 0 aliphatic heterocycles. The minimum atomic E-state index is -0.624. The predicted molar refractivity (Wildman–Crippen MR) is 106 cm³/mol. The summed E-state index contributed by atoms with van der Waals surface area (Å²) in [4.78, 5) is 21.5. The van der Waals surface area contributed by atoms with Gasteiger partial charge in [0.05, 0.1) is 40.0 Å². The lowest BCUT2D eigenvalue weighted by Gasteiger charge is -2.23. The minimum absolute atomic E-state index is 0.160. The van der Waals surface area contributed by atoms with Gasteiger partial charge in [-0.25, -0.2) is 5.43 Å². The van der Waals surface area contributed by atoms with E-state index in [-0.39, 0.29) is 17.6 Å². The van der Waals surface area contributed by atoms with Crippen LogP contribution in [-0.4, -0.2) is 49.2 Å². The van der Waals surface area contributed by atoms with E-state index in [9.17, 15) is 14.9 Å². The Hall–Kier alpha value is -2.22. The van der Waals surface area contributed by atoms with Gasteiger partial charge in [0, 0.05) is 6.42 Å². The van der Waals surface area contributed by atoms with Gasteiger partial charge in [0.2, 0.25) is 5.91 Å². The second-order valence-corrected chi connectivity index (χ2v) is 7.82. The number of hydrogen-bond donors (Lipinski definition) is 1. The van der Waals surface area contributed by atoms with E-state index >= 15 is 0 Å². The maximum absolute atomic E-state index is 11.7. The highest BCUT2D eigenvalue weighted by Gasteiger charge is 2.10. The van der Waals surface area contributed by atoms with Crippen LogP contribution in [0.4, 0.5) is 5.88 Å². The molecule has 0 radical (unpaired) electrons. The molecule has 0 saturated heterocycles. The highest BCUT2D eigenvalue weighted by Crippen LogP contribution is 2.14. The second kappa shape index (κ2) is 12.2. The molecule has 1 amide bonds. The minimum Gasteiger partial charge on any atom is -0.400 e. The molecule has 0 unspecified atom stereocenters. The van der Waals surface area contributed by atoms with Crippen LogP contribution < -0.4 is 5.43 Å². The van der Waals surface area contributed by atoms with Crippen molar-refractivity contribution in [2.24, 2.45) is 5.10 Å². The van der Waals surface area contributed by atoms with Crippen molar-refractivity contribution in [2.75, 3.05) is 27.7 Å². The van der Waals surface area contributed by atoms with Gasteiger partial charge in [0.1, 0.15) is 4.92 Å². The molecule has 0 bridgehead atoms. The average molecular weight is 381 g/mol. The molecular weight excluding hydrogens is 348 g/mol. The van der Waals surface area contributed by atoms with Crippen LogP contribution in [0.25, 0.3) is 0 Å². The van der Waals surface area contributed by atoms with Crippen LogP contribution in [0.3, 0.4) is 0 Å². The predicted octanol–water partition coefficient (Wildman–Crippen LogP) is 3.86. The van der Waals surface area contributed by atoms with Crippen molar-refractivity contribution in [2.45, 2.75) is 57.8 Å². The quantitative estimate of drug-likeness (QED) is 0.174. The Morgan fingerprint density at radius 1 is 1.11 bits per heavy atom. The van der Waals surface area contributed by atoms with Crippen molar-refractivity contribution in [1.82, 2.24) is 5.43 Å². The third-order valence-electron chi connectivity index (χ3n) is 4.16. The summed E-state index contributed by atoms with van der Waals surface area (Å²) in [7, 11) is 6.68. The molecule has 0 fully saturated rings. The van der Waals surface area contributed by atoms with Crippen molar-refractivity contribution in [1.29, 1.82) is 0 Å². The summed E-state index contributed by atoms with van der Waals surface area (Å²) in [6.45, 7) is 1.23. The number of hydrogen-bond acceptors (Lipinski definition) is 5. The number of rotatable bonds is 14. The van der Waals surface area contributed by atoms with Crippen LogP contribution in [0.1, 0.15) is 63.5 Å². The standard InChI is InChI=1S/C19H32N4O4/c1-23(2,3)15-11-9-7-5-4-6-8-10-12-18(24)21-20-16-17-13-14-19(27-17)22(25)26/h13-14,16H,4-12,15H2,1-3H3/p+1. The number of amides is 1. The highest BCUT2D eigenvalue weighted by molar-refractivity contribution is 5.80. The third kappa shape index (κ3) is 11.9. The Labute approximate surface area is 161 Å². The summed E-state index contributed by atoms with van der Waals surface area (Å²) in [5.41, 5.74) is 2.41. The second-order valence-electron chi connectivity index (χ2n) is 7.82. The number of furan rings is 1. The lowest BCUT2D eigenvalue weighted by atomic mass is 10.1.